The van der Waals surface area contributed by atoms with Crippen LogP contribution in [0.15, 0.2) is 24.3 Å². The molecule has 4 nitrogen and oxygen atoms in total. The summed E-state index contributed by atoms with van der Waals surface area (Å²) in [6, 6.07) is 9.15. The van der Waals surface area contributed by atoms with Crippen LogP contribution in [0.4, 0.5) is 0 Å². The van der Waals surface area contributed by atoms with Gasteiger partial charge in [0.1, 0.15) is 12.4 Å². The number of likely N-dealkylation sites (tertiary alicyclic amines) is 1. The Morgan fingerprint density at radius 2 is 2.21 bits per heavy atom. The Hall–Kier alpha value is -2.02. The molecule has 0 saturated carbocycles. The van der Waals surface area contributed by atoms with Crippen LogP contribution < -0.4 is 4.74 Å². The second kappa shape index (κ2) is 6.79. The molecule has 0 bridgehead atoms. The zero-order chi connectivity index (χ0) is 13.5. The summed E-state index contributed by atoms with van der Waals surface area (Å²) in [5.74, 6) is 0.910. The third kappa shape index (κ3) is 3.99. The van der Waals surface area contributed by atoms with Crippen molar-refractivity contribution >= 4 is 5.91 Å². The molecule has 1 aromatic rings. The highest BCUT2D eigenvalue weighted by Gasteiger charge is 2.15. The number of rotatable bonds is 4. The first-order chi connectivity index (χ1) is 9.29. The average molecular weight is 258 g/mol. The van der Waals surface area contributed by atoms with Crippen LogP contribution in [0.3, 0.4) is 0 Å². The minimum atomic E-state index is 0.229. The second-order valence-corrected chi connectivity index (χ2v) is 4.68. The maximum atomic E-state index is 11.8. The molecule has 0 unspecified atom stereocenters. The van der Waals surface area contributed by atoms with Crippen LogP contribution in [-0.4, -0.2) is 30.5 Å². The lowest BCUT2D eigenvalue weighted by atomic mass is 10.2. The normalized spacial score (nSPS) is 15.7. The van der Waals surface area contributed by atoms with Gasteiger partial charge in [-0.3, -0.25) is 4.79 Å². The molecular formula is C15H18N2O2. The van der Waals surface area contributed by atoms with Gasteiger partial charge in [0.05, 0.1) is 18.2 Å². The van der Waals surface area contributed by atoms with E-state index in [4.69, 9.17) is 10.00 Å². The Bertz CT molecular complexity index is 479. The van der Waals surface area contributed by atoms with E-state index >= 15 is 0 Å². The molecular weight excluding hydrogens is 240 g/mol. The van der Waals surface area contributed by atoms with E-state index in [2.05, 4.69) is 6.07 Å². The number of hydrogen-bond donors (Lipinski definition) is 0. The Morgan fingerprint density at radius 1 is 1.32 bits per heavy atom. The molecule has 100 valence electrons. The lowest BCUT2D eigenvalue weighted by Gasteiger charge is -2.20. The van der Waals surface area contributed by atoms with Crippen LogP contribution in [0.1, 0.15) is 31.2 Å². The summed E-state index contributed by atoms with van der Waals surface area (Å²) < 4.78 is 5.60. The lowest BCUT2D eigenvalue weighted by Crippen LogP contribution is -2.34. The molecule has 1 fully saturated rings. The fraction of sp³-hybridized carbons (Fsp3) is 0.467. The van der Waals surface area contributed by atoms with Gasteiger partial charge in [-0.05, 0) is 31.0 Å². The van der Waals surface area contributed by atoms with E-state index < -0.39 is 0 Å². The van der Waals surface area contributed by atoms with Crippen LogP contribution in [0, 0.1) is 11.3 Å². The monoisotopic (exact) mass is 258 g/mol. The van der Waals surface area contributed by atoms with Crippen molar-refractivity contribution in [2.75, 3.05) is 19.7 Å². The Kier molecular flexibility index (Phi) is 4.79. The summed E-state index contributed by atoms with van der Waals surface area (Å²) in [5.41, 5.74) is 0.586. The van der Waals surface area contributed by atoms with Gasteiger partial charge in [0.15, 0.2) is 0 Å². The summed E-state index contributed by atoms with van der Waals surface area (Å²) in [6.45, 7) is 1.93. The molecule has 0 atom stereocenters. The first-order valence-electron chi connectivity index (χ1n) is 6.70. The topological polar surface area (TPSA) is 53.3 Å². The Morgan fingerprint density at radius 3 is 3.05 bits per heavy atom. The third-order valence-corrected chi connectivity index (χ3v) is 3.26. The lowest BCUT2D eigenvalue weighted by molar-refractivity contribution is -0.131. The van der Waals surface area contributed by atoms with Crippen molar-refractivity contribution in [3.63, 3.8) is 0 Å². The zero-order valence-corrected chi connectivity index (χ0v) is 11.0. The number of ether oxygens (including phenoxy) is 1. The van der Waals surface area contributed by atoms with E-state index in [-0.39, 0.29) is 5.91 Å². The van der Waals surface area contributed by atoms with Gasteiger partial charge in [-0.2, -0.15) is 5.26 Å². The van der Waals surface area contributed by atoms with Gasteiger partial charge in [0.2, 0.25) is 5.91 Å². The van der Waals surface area contributed by atoms with Crippen LogP contribution in [0.5, 0.6) is 5.75 Å². The van der Waals surface area contributed by atoms with Crippen LogP contribution >= 0.6 is 0 Å². The summed E-state index contributed by atoms with van der Waals surface area (Å²) in [7, 11) is 0. The van der Waals surface area contributed by atoms with Gasteiger partial charge in [-0.1, -0.05) is 12.5 Å². The number of nitrogens with zero attached hydrogens (tertiary/aromatic N) is 2. The van der Waals surface area contributed by atoms with Gasteiger partial charge >= 0.3 is 0 Å². The summed E-state index contributed by atoms with van der Waals surface area (Å²) in [4.78, 5) is 13.7. The van der Waals surface area contributed by atoms with Crippen molar-refractivity contribution in [2.45, 2.75) is 25.7 Å². The molecule has 0 N–H and O–H groups in total. The number of carbonyl (C=O) groups excluding carboxylic acids is 1. The number of benzene rings is 1. The largest absolute Gasteiger partial charge is 0.492 e. The van der Waals surface area contributed by atoms with Crippen LogP contribution in [-0.2, 0) is 4.79 Å². The molecule has 1 amide bonds. The molecule has 0 radical (unpaired) electrons. The SMILES string of the molecule is N#Cc1cccc(OCCN2CCCCCC2=O)c1. The van der Waals surface area contributed by atoms with Crippen molar-refractivity contribution in [3.05, 3.63) is 29.8 Å². The summed E-state index contributed by atoms with van der Waals surface area (Å²) in [5, 5.41) is 8.80. The fourth-order valence-corrected chi connectivity index (χ4v) is 2.20. The number of carbonyl (C=O) groups is 1. The van der Waals surface area contributed by atoms with Crippen molar-refractivity contribution in [2.24, 2.45) is 0 Å². The number of hydrogen-bond acceptors (Lipinski definition) is 3. The average Bonchev–Trinajstić information content (AvgIpc) is 2.64. The van der Waals surface area contributed by atoms with Crippen molar-refractivity contribution in [1.82, 2.24) is 4.90 Å². The summed E-state index contributed by atoms with van der Waals surface area (Å²) >= 11 is 0. The second-order valence-electron chi connectivity index (χ2n) is 4.68. The molecule has 4 heteroatoms. The van der Waals surface area contributed by atoms with E-state index in [1.165, 1.54) is 0 Å². The van der Waals surface area contributed by atoms with Crippen LogP contribution in [0.2, 0.25) is 0 Å². The zero-order valence-electron chi connectivity index (χ0n) is 11.0. The van der Waals surface area contributed by atoms with E-state index in [1.54, 1.807) is 18.2 Å². The number of amides is 1. The Labute approximate surface area is 113 Å². The van der Waals surface area contributed by atoms with Gasteiger partial charge in [-0.25, -0.2) is 0 Å². The molecule has 1 aliphatic heterocycles. The minimum Gasteiger partial charge on any atom is -0.492 e. The molecule has 0 aliphatic carbocycles. The Balaban J connectivity index is 1.82. The first-order valence-corrected chi connectivity index (χ1v) is 6.70. The molecule has 1 aromatic carbocycles. The van der Waals surface area contributed by atoms with Gasteiger partial charge < -0.3 is 9.64 Å². The molecule has 0 aromatic heterocycles. The molecule has 1 saturated heterocycles. The van der Waals surface area contributed by atoms with Crippen molar-refractivity contribution in [3.8, 4) is 11.8 Å². The van der Waals surface area contributed by atoms with E-state index in [0.717, 1.165) is 25.8 Å². The van der Waals surface area contributed by atoms with Gasteiger partial charge in [-0.15, -0.1) is 0 Å². The highest BCUT2D eigenvalue weighted by Crippen LogP contribution is 2.14. The maximum Gasteiger partial charge on any atom is 0.222 e. The maximum absolute atomic E-state index is 11.8. The highest BCUT2D eigenvalue weighted by molar-refractivity contribution is 5.76. The molecule has 0 spiro atoms. The quantitative estimate of drug-likeness (QED) is 0.833. The fourth-order valence-electron chi connectivity index (χ4n) is 2.20. The van der Waals surface area contributed by atoms with Crippen LogP contribution in [0.25, 0.3) is 0 Å². The first kappa shape index (κ1) is 13.4. The number of nitriles is 1. The predicted molar refractivity (Wildman–Crippen MR) is 71.7 cm³/mol. The van der Waals surface area contributed by atoms with Gasteiger partial charge in [0.25, 0.3) is 0 Å². The molecule has 2 rings (SSSR count). The van der Waals surface area contributed by atoms with E-state index in [0.29, 0.717) is 30.9 Å². The predicted octanol–water partition coefficient (Wildman–Crippen LogP) is 2.34. The minimum absolute atomic E-state index is 0.229. The standard InChI is InChI=1S/C15H18N2O2/c16-12-13-5-4-6-14(11-13)19-10-9-17-8-3-1-2-7-15(17)18/h4-6,11H,1-3,7-10H2. The van der Waals surface area contributed by atoms with E-state index in [9.17, 15) is 4.79 Å². The molecule has 1 aliphatic rings. The van der Waals surface area contributed by atoms with Crippen molar-refractivity contribution in [1.29, 1.82) is 5.26 Å². The smallest absolute Gasteiger partial charge is 0.222 e. The molecule has 1 heterocycles. The van der Waals surface area contributed by atoms with E-state index in [1.807, 2.05) is 11.0 Å². The summed E-state index contributed by atoms with van der Waals surface area (Å²) in [6.07, 6.45) is 3.87. The highest BCUT2D eigenvalue weighted by atomic mass is 16.5. The van der Waals surface area contributed by atoms with Gasteiger partial charge in [0, 0.05) is 13.0 Å². The third-order valence-electron chi connectivity index (χ3n) is 3.26. The molecule has 19 heavy (non-hydrogen) atoms. The van der Waals surface area contributed by atoms with Crippen molar-refractivity contribution < 1.29 is 9.53 Å².